The standard InChI is InChI=1S/C13H16FN3O/c1-3-15-8-12-16-7-10(17-12)13-9(14)5-4-6-11(13)18-2/h4-7,15H,3,8H2,1-2H3,(H,16,17). The van der Waals surface area contributed by atoms with Gasteiger partial charge in [0.05, 0.1) is 31.1 Å². The Balaban J connectivity index is 2.33. The lowest BCUT2D eigenvalue weighted by molar-refractivity contribution is 0.413. The van der Waals surface area contributed by atoms with Gasteiger partial charge in [-0.3, -0.25) is 0 Å². The van der Waals surface area contributed by atoms with Gasteiger partial charge in [0.15, 0.2) is 0 Å². The third-order valence-electron chi connectivity index (χ3n) is 2.64. The van der Waals surface area contributed by atoms with Crippen LogP contribution in [0.1, 0.15) is 12.7 Å². The highest BCUT2D eigenvalue weighted by molar-refractivity contribution is 5.67. The molecular weight excluding hydrogens is 233 g/mol. The topological polar surface area (TPSA) is 49.9 Å². The molecule has 4 nitrogen and oxygen atoms in total. The highest BCUT2D eigenvalue weighted by atomic mass is 19.1. The molecule has 1 heterocycles. The fraction of sp³-hybridized carbons (Fsp3) is 0.308. The summed E-state index contributed by atoms with van der Waals surface area (Å²) in [6.07, 6.45) is 1.62. The SMILES string of the molecule is CCNCc1ncc(-c2c(F)cccc2OC)[nH]1. The van der Waals surface area contributed by atoms with E-state index in [0.29, 0.717) is 23.6 Å². The Kier molecular flexibility index (Phi) is 3.94. The fourth-order valence-electron chi connectivity index (χ4n) is 1.76. The van der Waals surface area contributed by atoms with Crippen molar-refractivity contribution in [3.8, 4) is 17.0 Å². The van der Waals surface area contributed by atoms with E-state index in [1.54, 1.807) is 18.3 Å². The predicted octanol–water partition coefficient (Wildman–Crippen LogP) is 2.33. The van der Waals surface area contributed by atoms with E-state index in [0.717, 1.165) is 12.4 Å². The van der Waals surface area contributed by atoms with Crippen molar-refractivity contribution in [2.45, 2.75) is 13.5 Å². The molecule has 2 rings (SSSR count). The highest BCUT2D eigenvalue weighted by Crippen LogP contribution is 2.30. The van der Waals surface area contributed by atoms with Gasteiger partial charge < -0.3 is 15.0 Å². The largest absolute Gasteiger partial charge is 0.496 e. The maximum Gasteiger partial charge on any atom is 0.136 e. The minimum atomic E-state index is -0.326. The first-order valence-corrected chi connectivity index (χ1v) is 5.83. The van der Waals surface area contributed by atoms with E-state index in [-0.39, 0.29) is 5.82 Å². The number of hydrogen-bond acceptors (Lipinski definition) is 3. The maximum absolute atomic E-state index is 13.8. The lowest BCUT2D eigenvalue weighted by Crippen LogP contribution is -2.12. The molecule has 1 aromatic carbocycles. The first-order chi connectivity index (χ1) is 8.76. The van der Waals surface area contributed by atoms with Gasteiger partial charge in [0.1, 0.15) is 17.4 Å². The van der Waals surface area contributed by atoms with Crippen LogP contribution in [0.15, 0.2) is 24.4 Å². The Morgan fingerprint density at radius 2 is 2.28 bits per heavy atom. The van der Waals surface area contributed by atoms with E-state index < -0.39 is 0 Å². The summed E-state index contributed by atoms with van der Waals surface area (Å²) in [5, 5.41) is 3.15. The van der Waals surface area contributed by atoms with Crippen molar-refractivity contribution in [1.82, 2.24) is 15.3 Å². The normalized spacial score (nSPS) is 10.6. The maximum atomic E-state index is 13.8. The molecule has 2 aromatic rings. The van der Waals surface area contributed by atoms with Gasteiger partial charge in [-0.2, -0.15) is 0 Å². The van der Waals surface area contributed by atoms with Crippen LogP contribution in [0.2, 0.25) is 0 Å². The molecule has 1 aromatic heterocycles. The Labute approximate surface area is 105 Å². The number of ether oxygens (including phenoxy) is 1. The van der Waals surface area contributed by atoms with E-state index in [9.17, 15) is 4.39 Å². The number of hydrogen-bond donors (Lipinski definition) is 2. The van der Waals surface area contributed by atoms with Crippen molar-refractivity contribution < 1.29 is 9.13 Å². The van der Waals surface area contributed by atoms with E-state index in [1.165, 1.54) is 13.2 Å². The van der Waals surface area contributed by atoms with Crippen molar-refractivity contribution in [2.75, 3.05) is 13.7 Å². The number of rotatable bonds is 5. The number of aromatic nitrogens is 2. The first-order valence-electron chi connectivity index (χ1n) is 5.83. The summed E-state index contributed by atoms with van der Waals surface area (Å²) >= 11 is 0. The van der Waals surface area contributed by atoms with Gasteiger partial charge in [0.2, 0.25) is 0 Å². The molecule has 0 aliphatic heterocycles. The van der Waals surface area contributed by atoms with Gasteiger partial charge in [-0.25, -0.2) is 9.37 Å². The summed E-state index contributed by atoms with van der Waals surface area (Å²) < 4.78 is 19.0. The molecule has 0 aliphatic carbocycles. The van der Waals surface area contributed by atoms with Crippen molar-refractivity contribution >= 4 is 0 Å². The number of imidazole rings is 1. The molecule has 18 heavy (non-hydrogen) atoms. The molecule has 0 radical (unpaired) electrons. The molecule has 0 saturated carbocycles. The second-order valence-corrected chi connectivity index (χ2v) is 3.84. The summed E-state index contributed by atoms with van der Waals surface area (Å²) in [6, 6.07) is 4.75. The number of halogens is 1. The summed E-state index contributed by atoms with van der Waals surface area (Å²) in [5.74, 6) is 0.943. The Bertz CT molecular complexity index is 525. The van der Waals surface area contributed by atoms with Crippen molar-refractivity contribution in [3.05, 3.63) is 36.0 Å². The lowest BCUT2D eigenvalue weighted by Gasteiger charge is -2.07. The van der Waals surface area contributed by atoms with Crippen molar-refractivity contribution in [2.24, 2.45) is 0 Å². The molecule has 0 fully saturated rings. The van der Waals surface area contributed by atoms with Gasteiger partial charge in [-0.15, -0.1) is 0 Å². The van der Waals surface area contributed by atoms with Crippen LogP contribution in [0.25, 0.3) is 11.3 Å². The zero-order chi connectivity index (χ0) is 13.0. The van der Waals surface area contributed by atoms with Crippen LogP contribution < -0.4 is 10.1 Å². The molecule has 0 bridgehead atoms. The smallest absolute Gasteiger partial charge is 0.136 e. The number of nitrogens with zero attached hydrogens (tertiary/aromatic N) is 1. The molecule has 96 valence electrons. The lowest BCUT2D eigenvalue weighted by atomic mass is 10.1. The highest BCUT2D eigenvalue weighted by Gasteiger charge is 2.13. The van der Waals surface area contributed by atoms with Crippen LogP contribution in [-0.4, -0.2) is 23.6 Å². The number of H-pyrrole nitrogens is 1. The fourth-order valence-corrected chi connectivity index (χ4v) is 1.76. The van der Waals surface area contributed by atoms with Crippen LogP contribution >= 0.6 is 0 Å². The van der Waals surface area contributed by atoms with Gasteiger partial charge in [-0.05, 0) is 18.7 Å². The summed E-state index contributed by atoms with van der Waals surface area (Å²) in [7, 11) is 1.52. The molecule has 5 heteroatoms. The molecule has 0 amide bonds. The Morgan fingerprint density at radius 1 is 1.44 bits per heavy atom. The number of methoxy groups -OCH3 is 1. The van der Waals surface area contributed by atoms with Gasteiger partial charge in [-0.1, -0.05) is 13.0 Å². The van der Waals surface area contributed by atoms with Gasteiger partial charge >= 0.3 is 0 Å². The van der Waals surface area contributed by atoms with Crippen LogP contribution in [0.5, 0.6) is 5.75 Å². The molecular formula is C13H16FN3O. The Hall–Kier alpha value is -1.88. The van der Waals surface area contributed by atoms with Crippen LogP contribution in [-0.2, 0) is 6.54 Å². The third-order valence-corrected chi connectivity index (χ3v) is 2.64. The van der Waals surface area contributed by atoms with Crippen LogP contribution in [0.3, 0.4) is 0 Å². The summed E-state index contributed by atoms with van der Waals surface area (Å²) in [4.78, 5) is 7.29. The zero-order valence-electron chi connectivity index (χ0n) is 10.5. The second-order valence-electron chi connectivity index (χ2n) is 3.84. The molecule has 0 atom stereocenters. The second kappa shape index (κ2) is 5.64. The van der Waals surface area contributed by atoms with Crippen molar-refractivity contribution in [3.63, 3.8) is 0 Å². The monoisotopic (exact) mass is 249 g/mol. The molecule has 0 saturated heterocycles. The number of aromatic amines is 1. The van der Waals surface area contributed by atoms with E-state index in [1.807, 2.05) is 6.92 Å². The zero-order valence-corrected chi connectivity index (χ0v) is 10.5. The minimum Gasteiger partial charge on any atom is -0.496 e. The van der Waals surface area contributed by atoms with E-state index >= 15 is 0 Å². The Morgan fingerprint density at radius 3 is 3.00 bits per heavy atom. The molecule has 0 aliphatic rings. The number of nitrogens with one attached hydrogen (secondary N) is 2. The number of benzene rings is 1. The van der Waals surface area contributed by atoms with E-state index in [2.05, 4.69) is 15.3 Å². The van der Waals surface area contributed by atoms with Gasteiger partial charge in [0, 0.05) is 0 Å². The summed E-state index contributed by atoms with van der Waals surface area (Å²) in [6.45, 7) is 3.51. The predicted molar refractivity (Wildman–Crippen MR) is 67.9 cm³/mol. The third kappa shape index (κ3) is 2.51. The van der Waals surface area contributed by atoms with Crippen LogP contribution in [0.4, 0.5) is 4.39 Å². The summed E-state index contributed by atoms with van der Waals surface area (Å²) in [5.41, 5.74) is 1.04. The molecule has 0 unspecified atom stereocenters. The van der Waals surface area contributed by atoms with E-state index in [4.69, 9.17) is 4.74 Å². The average molecular weight is 249 g/mol. The molecule has 0 spiro atoms. The van der Waals surface area contributed by atoms with Gasteiger partial charge in [0.25, 0.3) is 0 Å². The first kappa shape index (κ1) is 12.6. The quantitative estimate of drug-likeness (QED) is 0.855. The molecule has 2 N–H and O–H groups in total. The van der Waals surface area contributed by atoms with Crippen LogP contribution in [0, 0.1) is 5.82 Å². The average Bonchev–Trinajstić information content (AvgIpc) is 2.84. The minimum absolute atomic E-state index is 0.326. The van der Waals surface area contributed by atoms with Crippen molar-refractivity contribution in [1.29, 1.82) is 0 Å².